The molecule has 148 valence electrons. The molecule has 1 saturated heterocycles. The third-order valence-corrected chi connectivity index (χ3v) is 5.93. The fourth-order valence-electron chi connectivity index (χ4n) is 2.72. The third kappa shape index (κ3) is 4.48. The van der Waals surface area contributed by atoms with Crippen LogP contribution in [0.3, 0.4) is 0 Å². The van der Waals surface area contributed by atoms with E-state index in [1.165, 1.54) is 28.0 Å². The second-order valence-electron chi connectivity index (χ2n) is 5.92. The summed E-state index contributed by atoms with van der Waals surface area (Å²) in [6, 6.07) is 7.29. The SMILES string of the molecule is CCOC(=O)c1c(-c2ccc(OC)cc2)csc1NC(=O)CN1CSCC1=O. The van der Waals surface area contributed by atoms with Crippen LogP contribution in [-0.4, -0.2) is 54.6 Å². The van der Waals surface area contributed by atoms with E-state index in [1.54, 1.807) is 31.5 Å². The van der Waals surface area contributed by atoms with E-state index in [4.69, 9.17) is 9.47 Å². The van der Waals surface area contributed by atoms with Crippen molar-refractivity contribution < 1.29 is 23.9 Å². The smallest absolute Gasteiger partial charge is 0.341 e. The van der Waals surface area contributed by atoms with Crippen LogP contribution in [0.25, 0.3) is 11.1 Å². The molecule has 0 bridgehead atoms. The first-order valence-corrected chi connectivity index (χ1v) is 10.6. The van der Waals surface area contributed by atoms with Gasteiger partial charge in [-0.1, -0.05) is 12.1 Å². The van der Waals surface area contributed by atoms with Crippen LogP contribution in [0.5, 0.6) is 5.75 Å². The van der Waals surface area contributed by atoms with Crippen molar-refractivity contribution in [1.29, 1.82) is 0 Å². The van der Waals surface area contributed by atoms with Crippen LogP contribution in [0.2, 0.25) is 0 Å². The Morgan fingerprint density at radius 3 is 2.61 bits per heavy atom. The molecule has 0 spiro atoms. The maximum atomic E-state index is 12.6. The molecule has 0 aliphatic carbocycles. The summed E-state index contributed by atoms with van der Waals surface area (Å²) in [7, 11) is 1.58. The lowest BCUT2D eigenvalue weighted by atomic mass is 10.0. The molecular formula is C19H20N2O5S2. The Bertz CT molecular complexity index is 879. The van der Waals surface area contributed by atoms with E-state index in [0.29, 0.717) is 33.5 Å². The molecular weight excluding hydrogens is 400 g/mol. The number of amides is 2. The number of carbonyl (C=O) groups is 3. The van der Waals surface area contributed by atoms with Gasteiger partial charge in [-0.2, -0.15) is 0 Å². The zero-order valence-corrected chi connectivity index (χ0v) is 17.2. The van der Waals surface area contributed by atoms with Crippen molar-refractivity contribution in [3.63, 3.8) is 0 Å². The predicted molar refractivity (Wildman–Crippen MR) is 110 cm³/mol. The molecule has 0 saturated carbocycles. The van der Waals surface area contributed by atoms with E-state index in [-0.39, 0.29) is 25.0 Å². The molecule has 7 nitrogen and oxygen atoms in total. The van der Waals surface area contributed by atoms with E-state index in [9.17, 15) is 14.4 Å². The summed E-state index contributed by atoms with van der Waals surface area (Å²) in [6.07, 6.45) is 0. The number of thiophene rings is 1. The number of hydrogen-bond acceptors (Lipinski definition) is 7. The molecule has 2 amide bonds. The van der Waals surface area contributed by atoms with E-state index in [0.717, 1.165) is 5.56 Å². The molecule has 3 rings (SSSR count). The Hall–Kier alpha value is -2.52. The number of hydrogen-bond donors (Lipinski definition) is 1. The number of thioether (sulfide) groups is 1. The van der Waals surface area contributed by atoms with Gasteiger partial charge in [0.25, 0.3) is 0 Å². The van der Waals surface area contributed by atoms with Gasteiger partial charge >= 0.3 is 5.97 Å². The highest BCUT2D eigenvalue weighted by atomic mass is 32.2. The van der Waals surface area contributed by atoms with Crippen LogP contribution in [0.15, 0.2) is 29.6 Å². The molecule has 2 heterocycles. The number of nitrogens with one attached hydrogen (secondary N) is 1. The van der Waals surface area contributed by atoms with Gasteiger partial charge in [-0.05, 0) is 24.6 Å². The molecule has 1 aliphatic rings. The minimum atomic E-state index is -0.502. The first-order chi connectivity index (χ1) is 13.5. The first-order valence-electron chi connectivity index (χ1n) is 8.62. The maximum Gasteiger partial charge on any atom is 0.341 e. The number of benzene rings is 1. The van der Waals surface area contributed by atoms with Crippen LogP contribution in [0, 0.1) is 0 Å². The Kier molecular flexibility index (Phi) is 6.58. The van der Waals surface area contributed by atoms with Crippen molar-refractivity contribution in [3.8, 4) is 16.9 Å². The number of carbonyl (C=O) groups excluding carboxylic acids is 3. The van der Waals surface area contributed by atoms with E-state index in [1.807, 2.05) is 12.1 Å². The number of methoxy groups -OCH3 is 1. The Balaban J connectivity index is 1.85. The fraction of sp³-hybridized carbons (Fsp3) is 0.316. The van der Waals surface area contributed by atoms with Gasteiger partial charge in [0.1, 0.15) is 22.9 Å². The highest BCUT2D eigenvalue weighted by Gasteiger charge is 2.26. The number of nitrogens with zero attached hydrogens (tertiary/aromatic N) is 1. The van der Waals surface area contributed by atoms with Crippen molar-refractivity contribution in [2.45, 2.75) is 6.92 Å². The molecule has 1 aromatic carbocycles. The molecule has 0 unspecified atom stereocenters. The topological polar surface area (TPSA) is 84.9 Å². The van der Waals surface area contributed by atoms with Crippen LogP contribution in [0.1, 0.15) is 17.3 Å². The average molecular weight is 421 g/mol. The summed E-state index contributed by atoms with van der Waals surface area (Å²) in [4.78, 5) is 38.2. The lowest BCUT2D eigenvalue weighted by molar-refractivity contribution is -0.130. The Morgan fingerprint density at radius 1 is 1.25 bits per heavy atom. The molecule has 2 aromatic rings. The van der Waals surface area contributed by atoms with Crippen molar-refractivity contribution in [2.24, 2.45) is 0 Å². The third-order valence-electron chi connectivity index (χ3n) is 4.08. The van der Waals surface area contributed by atoms with E-state index in [2.05, 4.69) is 5.32 Å². The molecule has 0 atom stereocenters. The Labute approximate surface area is 171 Å². The van der Waals surface area contributed by atoms with Gasteiger partial charge in [0, 0.05) is 10.9 Å². The maximum absolute atomic E-state index is 12.6. The molecule has 1 fully saturated rings. The fourth-order valence-corrected chi connectivity index (χ4v) is 4.60. The van der Waals surface area contributed by atoms with Crippen molar-refractivity contribution in [2.75, 3.05) is 37.2 Å². The highest BCUT2D eigenvalue weighted by Crippen LogP contribution is 2.37. The number of rotatable bonds is 7. The summed E-state index contributed by atoms with van der Waals surface area (Å²) >= 11 is 2.72. The number of esters is 1. The lowest BCUT2D eigenvalue weighted by Gasteiger charge is -2.14. The van der Waals surface area contributed by atoms with Crippen LogP contribution in [-0.2, 0) is 14.3 Å². The summed E-state index contributed by atoms with van der Waals surface area (Å²) in [5, 5.41) is 4.98. The molecule has 1 aliphatic heterocycles. The van der Waals surface area contributed by atoms with Gasteiger partial charge in [0.2, 0.25) is 11.8 Å². The summed E-state index contributed by atoms with van der Waals surface area (Å²) < 4.78 is 10.4. The van der Waals surface area contributed by atoms with Crippen molar-refractivity contribution in [1.82, 2.24) is 4.90 Å². The first kappa shape index (κ1) is 20.2. The molecule has 1 N–H and O–H groups in total. The quantitative estimate of drug-likeness (QED) is 0.693. The lowest BCUT2D eigenvalue weighted by Crippen LogP contribution is -2.34. The van der Waals surface area contributed by atoms with Crippen LogP contribution >= 0.6 is 23.1 Å². The molecule has 28 heavy (non-hydrogen) atoms. The predicted octanol–water partition coefficient (Wildman–Crippen LogP) is 3.07. The molecule has 9 heteroatoms. The minimum absolute atomic E-state index is 0.0378. The van der Waals surface area contributed by atoms with E-state index >= 15 is 0 Å². The summed E-state index contributed by atoms with van der Waals surface area (Å²) in [6.45, 7) is 1.92. The molecule has 0 radical (unpaired) electrons. The number of anilines is 1. The second-order valence-corrected chi connectivity index (χ2v) is 7.75. The monoisotopic (exact) mass is 420 g/mol. The van der Waals surface area contributed by atoms with Gasteiger partial charge in [-0.25, -0.2) is 4.79 Å². The van der Waals surface area contributed by atoms with Gasteiger partial charge in [0.15, 0.2) is 0 Å². The van der Waals surface area contributed by atoms with Gasteiger partial charge in [-0.3, -0.25) is 9.59 Å². The normalized spacial score (nSPS) is 13.5. The summed E-state index contributed by atoms with van der Waals surface area (Å²) in [5.41, 5.74) is 1.80. The van der Waals surface area contributed by atoms with Crippen molar-refractivity contribution in [3.05, 3.63) is 35.2 Å². The van der Waals surface area contributed by atoms with E-state index < -0.39 is 5.97 Å². The van der Waals surface area contributed by atoms with Crippen LogP contribution in [0.4, 0.5) is 5.00 Å². The summed E-state index contributed by atoms with van der Waals surface area (Å²) in [5.74, 6) is 0.692. The number of ether oxygens (including phenoxy) is 2. The highest BCUT2D eigenvalue weighted by molar-refractivity contribution is 8.00. The van der Waals surface area contributed by atoms with Gasteiger partial charge < -0.3 is 19.7 Å². The minimum Gasteiger partial charge on any atom is -0.497 e. The standard InChI is InChI=1S/C19H20N2O5S2/c1-3-26-19(24)17-14(12-4-6-13(25-2)7-5-12)9-28-18(17)20-15(22)8-21-11-27-10-16(21)23/h4-7,9H,3,8,10-11H2,1-2H3,(H,20,22). The van der Waals surface area contributed by atoms with Gasteiger partial charge in [0.05, 0.1) is 25.3 Å². The Morgan fingerprint density at radius 2 is 2.00 bits per heavy atom. The largest absolute Gasteiger partial charge is 0.497 e. The van der Waals surface area contributed by atoms with Gasteiger partial charge in [-0.15, -0.1) is 23.1 Å². The average Bonchev–Trinajstić information content (AvgIpc) is 3.28. The van der Waals surface area contributed by atoms with Crippen LogP contribution < -0.4 is 10.1 Å². The zero-order valence-electron chi connectivity index (χ0n) is 15.5. The second kappa shape index (κ2) is 9.11. The molecule has 1 aromatic heterocycles. The zero-order chi connectivity index (χ0) is 20.1. The van der Waals surface area contributed by atoms with Crippen molar-refractivity contribution >= 4 is 45.9 Å².